The van der Waals surface area contributed by atoms with Crippen LogP contribution in [0, 0.1) is 20.8 Å². The summed E-state index contributed by atoms with van der Waals surface area (Å²) in [6.07, 6.45) is 2.21. The Morgan fingerprint density at radius 3 is 2.08 bits per heavy atom. The van der Waals surface area contributed by atoms with Crippen molar-refractivity contribution >= 4 is 43.5 Å². The van der Waals surface area contributed by atoms with Crippen molar-refractivity contribution in [2.75, 3.05) is 0 Å². The summed E-state index contributed by atoms with van der Waals surface area (Å²) in [6, 6.07) is 32.9. The molecule has 178 valence electrons. The van der Waals surface area contributed by atoms with Gasteiger partial charge in [0, 0.05) is 28.0 Å². The standard InChI is InChI=1S/C35H28NO/c1-21-16-17-30-28-14-9-15-29(31-19-24-10-5-6-11-25(24)26-12-7-8-13-27(26)31)34(28)37-35(30)33(21)32-18-22(2)23(3)20-36(32)4/h5-20H,1-4H3/q+1. The van der Waals surface area contributed by atoms with Gasteiger partial charge in [-0.3, -0.25) is 0 Å². The lowest BCUT2D eigenvalue weighted by Gasteiger charge is -2.11. The Kier molecular flexibility index (Phi) is 4.74. The van der Waals surface area contributed by atoms with Crippen LogP contribution in [-0.4, -0.2) is 0 Å². The summed E-state index contributed by atoms with van der Waals surface area (Å²) in [6.45, 7) is 6.51. The van der Waals surface area contributed by atoms with Crippen molar-refractivity contribution in [2.45, 2.75) is 20.8 Å². The summed E-state index contributed by atoms with van der Waals surface area (Å²) in [5.41, 5.74) is 10.3. The minimum absolute atomic E-state index is 0.941. The van der Waals surface area contributed by atoms with E-state index in [9.17, 15) is 0 Å². The zero-order valence-corrected chi connectivity index (χ0v) is 21.6. The molecule has 2 heteroatoms. The molecule has 0 aliphatic rings. The lowest BCUT2D eigenvalue weighted by molar-refractivity contribution is -0.660. The molecule has 5 aromatic carbocycles. The first kappa shape index (κ1) is 21.8. The Morgan fingerprint density at radius 2 is 1.24 bits per heavy atom. The molecule has 7 aromatic rings. The molecule has 0 aliphatic heterocycles. The number of aromatic nitrogens is 1. The van der Waals surface area contributed by atoms with E-state index in [1.165, 1.54) is 49.5 Å². The highest BCUT2D eigenvalue weighted by molar-refractivity contribution is 6.18. The number of benzene rings is 5. The van der Waals surface area contributed by atoms with E-state index < -0.39 is 0 Å². The molecular weight excluding hydrogens is 450 g/mol. The zero-order chi connectivity index (χ0) is 25.3. The number of fused-ring (bicyclic) bond motifs is 6. The van der Waals surface area contributed by atoms with Crippen LogP contribution >= 0.6 is 0 Å². The van der Waals surface area contributed by atoms with Crippen molar-refractivity contribution in [3.8, 4) is 22.4 Å². The van der Waals surface area contributed by atoms with E-state index in [0.717, 1.165) is 33.1 Å². The van der Waals surface area contributed by atoms with Crippen molar-refractivity contribution < 1.29 is 8.98 Å². The molecule has 2 nitrogen and oxygen atoms in total. The van der Waals surface area contributed by atoms with Crippen molar-refractivity contribution in [1.82, 2.24) is 0 Å². The topological polar surface area (TPSA) is 17.0 Å². The van der Waals surface area contributed by atoms with Gasteiger partial charge in [-0.05, 0) is 65.1 Å². The summed E-state index contributed by atoms with van der Waals surface area (Å²) >= 11 is 0. The fraction of sp³-hybridized carbons (Fsp3) is 0.114. The van der Waals surface area contributed by atoms with Gasteiger partial charge < -0.3 is 4.42 Å². The van der Waals surface area contributed by atoms with Gasteiger partial charge in [0.1, 0.15) is 18.2 Å². The molecule has 0 amide bonds. The van der Waals surface area contributed by atoms with E-state index in [0.29, 0.717) is 0 Å². The van der Waals surface area contributed by atoms with Gasteiger partial charge in [-0.2, -0.15) is 0 Å². The largest absolute Gasteiger partial charge is 0.454 e. The number of aryl methyl sites for hydroxylation is 4. The molecule has 0 aliphatic carbocycles. The number of rotatable bonds is 2. The smallest absolute Gasteiger partial charge is 0.216 e. The van der Waals surface area contributed by atoms with Crippen LogP contribution < -0.4 is 4.57 Å². The first-order valence-corrected chi connectivity index (χ1v) is 12.8. The molecule has 7 rings (SSSR count). The molecule has 2 aromatic heterocycles. The van der Waals surface area contributed by atoms with Crippen molar-refractivity contribution in [2.24, 2.45) is 7.05 Å². The van der Waals surface area contributed by atoms with E-state index in [-0.39, 0.29) is 0 Å². The summed E-state index contributed by atoms with van der Waals surface area (Å²) in [5, 5.41) is 7.33. The highest BCUT2D eigenvalue weighted by Crippen LogP contribution is 2.43. The second-order valence-corrected chi connectivity index (χ2v) is 10.2. The number of para-hydroxylation sites is 1. The maximum Gasteiger partial charge on any atom is 0.216 e. The Balaban J connectivity index is 1.59. The van der Waals surface area contributed by atoms with Gasteiger partial charge in [-0.25, -0.2) is 4.57 Å². The quantitative estimate of drug-likeness (QED) is 0.179. The first-order valence-electron chi connectivity index (χ1n) is 12.8. The second-order valence-electron chi connectivity index (χ2n) is 10.2. The fourth-order valence-electron chi connectivity index (χ4n) is 5.90. The molecule has 0 bridgehead atoms. The zero-order valence-electron chi connectivity index (χ0n) is 21.6. The van der Waals surface area contributed by atoms with E-state index in [2.05, 4.69) is 130 Å². The molecule has 0 radical (unpaired) electrons. The number of pyridine rings is 1. The van der Waals surface area contributed by atoms with Gasteiger partial charge in [0.15, 0.2) is 6.20 Å². The molecule has 0 unspecified atom stereocenters. The van der Waals surface area contributed by atoms with Crippen LogP contribution in [0.1, 0.15) is 16.7 Å². The minimum atomic E-state index is 0.941. The highest BCUT2D eigenvalue weighted by Gasteiger charge is 2.23. The van der Waals surface area contributed by atoms with Crippen LogP contribution in [0.2, 0.25) is 0 Å². The number of hydrogen-bond acceptors (Lipinski definition) is 1. The van der Waals surface area contributed by atoms with Crippen LogP contribution in [0.15, 0.2) is 102 Å². The van der Waals surface area contributed by atoms with E-state index in [1.807, 2.05) is 0 Å². The summed E-state index contributed by atoms with van der Waals surface area (Å²) in [5.74, 6) is 0. The predicted molar refractivity (Wildman–Crippen MR) is 155 cm³/mol. The van der Waals surface area contributed by atoms with E-state index in [1.54, 1.807) is 0 Å². The van der Waals surface area contributed by atoms with E-state index in [4.69, 9.17) is 4.42 Å². The first-order chi connectivity index (χ1) is 18.0. The molecule has 2 heterocycles. The third kappa shape index (κ3) is 3.22. The molecular formula is C35H28NO+. The Bertz CT molecular complexity index is 2030. The fourth-order valence-corrected chi connectivity index (χ4v) is 5.90. The van der Waals surface area contributed by atoms with Crippen LogP contribution in [-0.2, 0) is 7.05 Å². The van der Waals surface area contributed by atoms with Crippen molar-refractivity contribution in [3.05, 3.63) is 114 Å². The van der Waals surface area contributed by atoms with E-state index >= 15 is 0 Å². The lowest BCUT2D eigenvalue weighted by atomic mass is 9.92. The van der Waals surface area contributed by atoms with Crippen molar-refractivity contribution in [1.29, 1.82) is 0 Å². The van der Waals surface area contributed by atoms with Crippen LogP contribution in [0.5, 0.6) is 0 Å². The predicted octanol–water partition coefficient (Wildman–Crippen LogP) is 8.98. The van der Waals surface area contributed by atoms with Gasteiger partial charge in [0.2, 0.25) is 5.69 Å². The average Bonchev–Trinajstić information content (AvgIpc) is 3.29. The Hall–Kier alpha value is -4.43. The van der Waals surface area contributed by atoms with Gasteiger partial charge in [0.05, 0.1) is 5.56 Å². The normalized spacial score (nSPS) is 11.8. The third-order valence-electron chi connectivity index (χ3n) is 7.93. The summed E-state index contributed by atoms with van der Waals surface area (Å²) < 4.78 is 9.09. The Morgan fingerprint density at radius 1 is 0.541 bits per heavy atom. The molecule has 0 fully saturated rings. The average molecular weight is 479 g/mol. The monoisotopic (exact) mass is 478 g/mol. The number of hydrogen-bond donors (Lipinski definition) is 0. The molecule has 0 N–H and O–H groups in total. The van der Waals surface area contributed by atoms with Crippen LogP contribution in [0.3, 0.4) is 0 Å². The number of furan rings is 1. The van der Waals surface area contributed by atoms with Crippen LogP contribution in [0.25, 0.3) is 65.9 Å². The van der Waals surface area contributed by atoms with Gasteiger partial charge >= 0.3 is 0 Å². The van der Waals surface area contributed by atoms with Gasteiger partial charge in [0.25, 0.3) is 0 Å². The Labute approximate surface area is 216 Å². The third-order valence-corrected chi connectivity index (χ3v) is 7.93. The summed E-state index contributed by atoms with van der Waals surface area (Å²) in [4.78, 5) is 0. The molecule has 37 heavy (non-hydrogen) atoms. The summed E-state index contributed by atoms with van der Waals surface area (Å²) in [7, 11) is 2.12. The van der Waals surface area contributed by atoms with Gasteiger partial charge in [-0.1, -0.05) is 78.9 Å². The molecule has 0 spiro atoms. The van der Waals surface area contributed by atoms with Crippen LogP contribution in [0.4, 0.5) is 0 Å². The second kappa shape index (κ2) is 8.04. The van der Waals surface area contributed by atoms with Crippen molar-refractivity contribution in [3.63, 3.8) is 0 Å². The maximum atomic E-state index is 6.88. The van der Waals surface area contributed by atoms with Gasteiger partial charge in [-0.15, -0.1) is 0 Å². The number of nitrogens with zero attached hydrogens (tertiary/aromatic N) is 1. The highest BCUT2D eigenvalue weighted by atomic mass is 16.3. The molecule has 0 saturated carbocycles. The molecule has 0 atom stereocenters. The SMILES string of the molecule is Cc1cc(-c2c(C)ccc3c2oc2c(-c4cc5ccccc5c5ccccc45)cccc23)[n+](C)cc1C. The minimum Gasteiger partial charge on any atom is -0.454 e. The maximum absolute atomic E-state index is 6.88. The molecule has 0 saturated heterocycles. The lowest BCUT2D eigenvalue weighted by Crippen LogP contribution is -2.31.